The van der Waals surface area contributed by atoms with Crippen molar-refractivity contribution in [3.8, 4) is 5.75 Å². The average Bonchev–Trinajstić information content (AvgIpc) is 2.81. The molecule has 0 amide bonds. The molecule has 1 aliphatic heterocycles. The zero-order chi connectivity index (χ0) is 18.6. The molecule has 0 unspecified atom stereocenters. The van der Waals surface area contributed by atoms with Gasteiger partial charge in [0.15, 0.2) is 0 Å². The van der Waals surface area contributed by atoms with Gasteiger partial charge in [0.2, 0.25) is 0 Å². The highest BCUT2D eigenvalue weighted by Gasteiger charge is 2.49. The van der Waals surface area contributed by atoms with Gasteiger partial charge in [0.1, 0.15) is 12.4 Å². The summed E-state index contributed by atoms with van der Waals surface area (Å²) in [5, 5.41) is 0. The lowest BCUT2D eigenvalue weighted by molar-refractivity contribution is 0.00578. The lowest BCUT2D eigenvalue weighted by Crippen LogP contribution is -2.41. The minimum absolute atomic E-state index is 0.294. The van der Waals surface area contributed by atoms with Crippen LogP contribution in [0.15, 0.2) is 66.6 Å². The number of hydrogen-bond acceptors (Lipinski definition) is 3. The highest BCUT2D eigenvalue weighted by Crippen LogP contribution is 2.36. The van der Waals surface area contributed by atoms with Gasteiger partial charge < -0.3 is 14.0 Å². The predicted molar refractivity (Wildman–Crippen MR) is 106 cm³/mol. The zero-order valence-corrected chi connectivity index (χ0v) is 16.1. The number of allylic oxidation sites excluding steroid dienone is 1. The molecule has 0 aliphatic carbocycles. The Hall–Kier alpha value is -2.04. The van der Waals surface area contributed by atoms with Crippen molar-refractivity contribution in [2.24, 2.45) is 0 Å². The van der Waals surface area contributed by atoms with E-state index in [4.69, 9.17) is 14.0 Å². The average molecular weight is 350 g/mol. The molecule has 1 saturated heterocycles. The minimum atomic E-state index is -0.298. The van der Waals surface area contributed by atoms with Crippen LogP contribution in [0.3, 0.4) is 0 Å². The van der Waals surface area contributed by atoms with Gasteiger partial charge >= 0.3 is 7.12 Å². The molecule has 0 bridgehead atoms. The summed E-state index contributed by atoms with van der Waals surface area (Å²) in [5.41, 5.74) is 1.77. The van der Waals surface area contributed by atoms with E-state index < -0.39 is 0 Å². The normalized spacial score (nSPS) is 18.4. The van der Waals surface area contributed by atoms with Crippen molar-refractivity contribution in [2.45, 2.75) is 51.9 Å². The van der Waals surface area contributed by atoms with E-state index in [2.05, 4.69) is 58.0 Å². The van der Waals surface area contributed by atoms with Crippen LogP contribution >= 0.6 is 0 Å². The number of hydrogen-bond donors (Lipinski definition) is 0. The Morgan fingerprint density at radius 2 is 1.54 bits per heavy atom. The topological polar surface area (TPSA) is 27.7 Å². The molecule has 0 spiro atoms. The zero-order valence-electron chi connectivity index (χ0n) is 16.1. The molecule has 4 heteroatoms. The molecule has 136 valence electrons. The van der Waals surface area contributed by atoms with E-state index in [9.17, 15) is 0 Å². The molecule has 1 heterocycles. The van der Waals surface area contributed by atoms with Gasteiger partial charge in [0, 0.05) is 0 Å². The van der Waals surface area contributed by atoms with Crippen LogP contribution in [-0.2, 0) is 22.3 Å². The van der Waals surface area contributed by atoms with Gasteiger partial charge in [-0.2, -0.15) is 0 Å². The Kier molecular flexibility index (Phi) is 5.54. The fourth-order valence-electron chi connectivity index (χ4n) is 2.79. The molecule has 0 radical (unpaired) electrons. The highest BCUT2D eigenvalue weighted by molar-refractivity contribution is 6.51. The van der Waals surface area contributed by atoms with E-state index in [1.807, 2.05) is 36.3 Å². The third-order valence-electron chi connectivity index (χ3n) is 5.07. The molecule has 2 aromatic rings. The molecule has 3 rings (SSSR count). The van der Waals surface area contributed by atoms with Gasteiger partial charge in [-0.05, 0) is 57.4 Å². The summed E-state index contributed by atoms with van der Waals surface area (Å²) in [5.74, 6) is 2.88. The van der Waals surface area contributed by atoms with Crippen molar-refractivity contribution in [1.82, 2.24) is 0 Å². The summed E-state index contributed by atoms with van der Waals surface area (Å²) in [6, 6.07) is 18.4. The van der Waals surface area contributed by atoms with Crippen molar-refractivity contribution in [2.75, 3.05) is 0 Å². The maximum Gasteiger partial charge on any atom is 0.486 e. The highest BCUT2D eigenvalue weighted by atomic mass is 16.7. The van der Waals surface area contributed by atoms with E-state index in [1.54, 1.807) is 0 Å². The summed E-state index contributed by atoms with van der Waals surface area (Å²) < 4.78 is 17.9. The number of benzene rings is 2. The maximum absolute atomic E-state index is 5.98. The minimum Gasteiger partial charge on any atom is -0.489 e. The molecule has 0 aromatic heterocycles. The largest absolute Gasteiger partial charge is 0.489 e. The first-order valence-electron chi connectivity index (χ1n) is 9.14. The van der Waals surface area contributed by atoms with Crippen LogP contribution in [0, 0.1) is 0 Å². The third-order valence-corrected chi connectivity index (χ3v) is 5.07. The molecular weight excluding hydrogens is 323 g/mol. The molecule has 0 saturated carbocycles. The van der Waals surface area contributed by atoms with Crippen LogP contribution in [0.4, 0.5) is 0 Å². The monoisotopic (exact) mass is 350 g/mol. The Labute approximate surface area is 157 Å². The van der Waals surface area contributed by atoms with E-state index in [1.165, 1.54) is 11.1 Å². The fraction of sp³-hybridized carbons (Fsp3) is 0.364. The SMILES string of the molecule is CC1(C)OB(/C=C/Cc2cccc(OCc3ccccc3)c2)OC1(C)C. The van der Waals surface area contributed by atoms with Crippen LogP contribution < -0.4 is 4.74 Å². The summed E-state index contributed by atoms with van der Waals surface area (Å²) >= 11 is 0. The Morgan fingerprint density at radius 3 is 2.23 bits per heavy atom. The first-order valence-corrected chi connectivity index (χ1v) is 9.14. The standard InChI is InChI=1S/C22H27BO3/c1-21(2)22(3,4)26-23(25-21)15-9-13-18-12-8-14-20(16-18)24-17-19-10-6-5-7-11-19/h5-12,14-16H,13,17H2,1-4H3/b15-9+. The second kappa shape index (κ2) is 7.69. The van der Waals surface area contributed by atoms with Crippen molar-refractivity contribution in [1.29, 1.82) is 0 Å². The van der Waals surface area contributed by atoms with Crippen molar-refractivity contribution >= 4 is 7.12 Å². The van der Waals surface area contributed by atoms with Gasteiger partial charge in [-0.25, -0.2) is 0 Å². The van der Waals surface area contributed by atoms with Gasteiger partial charge in [-0.15, -0.1) is 0 Å². The van der Waals surface area contributed by atoms with E-state index >= 15 is 0 Å². The first kappa shape index (κ1) is 18.7. The van der Waals surface area contributed by atoms with Crippen LogP contribution in [0.5, 0.6) is 5.75 Å². The lowest BCUT2D eigenvalue weighted by atomic mass is 9.89. The molecule has 1 aliphatic rings. The number of ether oxygens (including phenoxy) is 1. The summed E-state index contributed by atoms with van der Waals surface area (Å²) in [6.45, 7) is 8.83. The molecule has 0 N–H and O–H groups in total. The summed E-state index contributed by atoms with van der Waals surface area (Å²) in [6.07, 6.45) is 2.91. The number of rotatable bonds is 6. The summed E-state index contributed by atoms with van der Waals surface area (Å²) in [4.78, 5) is 0. The van der Waals surface area contributed by atoms with Gasteiger partial charge in [-0.1, -0.05) is 54.5 Å². The quantitative estimate of drug-likeness (QED) is 0.687. The van der Waals surface area contributed by atoms with E-state index in [0.29, 0.717) is 6.61 Å². The van der Waals surface area contributed by atoms with Crippen molar-refractivity contribution in [3.05, 3.63) is 77.8 Å². The van der Waals surface area contributed by atoms with E-state index in [-0.39, 0.29) is 18.3 Å². The first-order chi connectivity index (χ1) is 12.4. The van der Waals surface area contributed by atoms with Crippen LogP contribution in [0.1, 0.15) is 38.8 Å². The Morgan fingerprint density at radius 1 is 0.885 bits per heavy atom. The Balaban J connectivity index is 1.54. The third kappa shape index (κ3) is 4.57. The van der Waals surface area contributed by atoms with Crippen LogP contribution in [0.25, 0.3) is 0 Å². The Bertz CT molecular complexity index is 737. The fourth-order valence-corrected chi connectivity index (χ4v) is 2.79. The van der Waals surface area contributed by atoms with Gasteiger partial charge in [0.05, 0.1) is 11.2 Å². The maximum atomic E-state index is 5.98. The second-order valence-corrected chi connectivity index (χ2v) is 7.68. The molecule has 0 atom stereocenters. The molecule has 1 fully saturated rings. The van der Waals surface area contributed by atoms with Crippen molar-refractivity contribution < 1.29 is 14.0 Å². The predicted octanol–water partition coefficient (Wildman–Crippen LogP) is 5.00. The van der Waals surface area contributed by atoms with Crippen LogP contribution in [0.2, 0.25) is 0 Å². The van der Waals surface area contributed by atoms with Gasteiger partial charge in [0.25, 0.3) is 0 Å². The van der Waals surface area contributed by atoms with Crippen molar-refractivity contribution in [3.63, 3.8) is 0 Å². The molecular formula is C22H27BO3. The summed E-state index contributed by atoms with van der Waals surface area (Å²) in [7, 11) is -0.294. The van der Waals surface area contributed by atoms with Crippen LogP contribution in [-0.4, -0.2) is 18.3 Å². The smallest absolute Gasteiger partial charge is 0.486 e. The molecule has 3 nitrogen and oxygen atoms in total. The molecule has 26 heavy (non-hydrogen) atoms. The molecule has 2 aromatic carbocycles. The van der Waals surface area contributed by atoms with Gasteiger partial charge in [-0.3, -0.25) is 0 Å². The second-order valence-electron chi connectivity index (χ2n) is 7.68. The van der Waals surface area contributed by atoms with E-state index in [0.717, 1.165) is 12.2 Å². The lowest BCUT2D eigenvalue weighted by Gasteiger charge is -2.32.